The summed E-state index contributed by atoms with van der Waals surface area (Å²) < 4.78 is 4.74. The second-order valence-electron chi connectivity index (χ2n) is 4.25. The number of benzene rings is 1. The number of pyridine rings is 1. The summed E-state index contributed by atoms with van der Waals surface area (Å²) in [4.78, 5) is 26.2. The van der Waals surface area contributed by atoms with Gasteiger partial charge in [0, 0.05) is 30.3 Å². The molecule has 1 N–H and O–H groups in total. The van der Waals surface area contributed by atoms with E-state index >= 15 is 0 Å². The second kappa shape index (κ2) is 5.62. The number of carbonyl (C=O) groups excluding carboxylic acids is 1. The second-order valence-corrected chi connectivity index (χ2v) is 4.25. The Morgan fingerprint density at radius 1 is 1.45 bits per heavy atom. The van der Waals surface area contributed by atoms with Gasteiger partial charge in [0.1, 0.15) is 6.61 Å². The number of aryl methyl sites for hydroxylation is 1. The standard InChI is InChI=1S/C13H13N3O4/c1-8-5-12(15-13(17)7-20-2)10-6-9(16(18)19)3-4-11(10)14-8/h3-6H,7H2,1-2H3,(H,14,15,17). The Labute approximate surface area is 114 Å². The molecular weight excluding hydrogens is 262 g/mol. The van der Waals surface area contributed by atoms with Crippen LogP contribution >= 0.6 is 0 Å². The number of nitro groups is 1. The average Bonchev–Trinajstić information content (AvgIpc) is 2.38. The summed E-state index contributed by atoms with van der Waals surface area (Å²) >= 11 is 0. The normalized spacial score (nSPS) is 10.5. The van der Waals surface area contributed by atoms with E-state index in [1.54, 1.807) is 19.1 Å². The van der Waals surface area contributed by atoms with Crippen molar-refractivity contribution < 1.29 is 14.5 Å². The molecule has 1 amide bonds. The van der Waals surface area contributed by atoms with E-state index < -0.39 is 4.92 Å². The zero-order valence-electron chi connectivity index (χ0n) is 11.0. The molecule has 0 bridgehead atoms. The number of carbonyl (C=O) groups is 1. The molecule has 0 spiro atoms. The van der Waals surface area contributed by atoms with Gasteiger partial charge in [-0.15, -0.1) is 0 Å². The van der Waals surface area contributed by atoms with Crippen LogP contribution in [0.2, 0.25) is 0 Å². The highest BCUT2D eigenvalue weighted by Gasteiger charge is 2.12. The van der Waals surface area contributed by atoms with Crippen molar-refractivity contribution in [2.45, 2.75) is 6.92 Å². The maximum absolute atomic E-state index is 11.6. The van der Waals surface area contributed by atoms with E-state index in [9.17, 15) is 14.9 Å². The van der Waals surface area contributed by atoms with Gasteiger partial charge in [-0.25, -0.2) is 0 Å². The number of aromatic nitrogens is 1. The maximum atomic E-state index is 11.6. The minimum absolute atomic E-state index is 0.0506. The van der Waals surface area contributed by atoms with E-state index in [1.165, 1.54) is 19.2 Å². The van der Waals surface area contributed by atoms with Gasteiger partial charge in [-0.3, -0.25) is 19.9 Å². The summed E-state index contributed by atoms with van der Waals surface area (Å²) in [6, 6.07) is 6.01. The quantitative estimate of drug-likeness (QED) is 0.680. The number of nitrogens with zero attached hydrogens (tertiary/aromatic N) is 2. The zero-order valence-corrected chi connectivity index (χ0v) is 11.0. The van der Waals surface area contributed by atoms with Crippen LogP contribution in [0, 0.1) is 17.0 Å². The smallest absolute Gasteiger partial charge is 0.270 e. The summed E-state index contributed by atoms with van der Waals surface area (Å²) in [5.41, 5.74) is 1.73. The number of non-ortho nitro benzene ring substituents is 1. The lowest BCUT2D eigenvalue weighted by Crippen LogP contribution is -2.17. The van der Waals surface area contributed by atoms with Gasteiger partial charge in [-0.1, -0.05) is 0 Å². The van der Waals surface area contributed by atoms with E-state index in [2.05, 4.69) is 10.3 Å². The predicted molar refractivity (Wildman–Crippen MR) is 73.6 cm³/mol. The molecule has 20 heavy (non-hydrogen) atoms. The van der Waals surface area contributed by atoms with Gasteiger partial charge < -0.3 is 10.1 Å². The van der Waals surface area contributed by atoms with Crippen molar-refractivity contribution in [1.82, 2.24) is 4.98 Å². The molecule has 0 unspecified atom stereocenters. The Hall–Kier alpha value is -2.54. The fourth-order valence-corrected chi connectivity index (χ4v) is 1.88. The number of anilines is 1. The molecule has 0 fully saturated rings. The van der Waals surface area contributed by atoms with Crippen LogP contribution in [0.4, 0.5) is 11.4 Å². The van der Waals surface area contributed by atoms with Gasteiger partial charge in [0.05, 0.1) is 16.1 Å². The molecule has 0 aliphatic heterocycles. The highest BCUT2D eigenvalue weighted by atomic mass is 16.6. The number of nitrogens with one attached hydrogen (secondary N) is 1. The average molecular weight is 275 g/mol. The highest BCUT2D eigenvalue weighted by Crippen LogP contribution is 2.27. The lowest BCUT2D eigenvalue weighted by Gasteiger charge is -2.09. The van der Waals surface area contributed by atoms with E-state index in [4.69, 9.17) is 4.74 Å². The molecule has 0 radical (unpaired) electrons. The molecule has 2 rings (SSSR count). The van der Waals surface area contributed by atoms with Crippen molar-refractivity contribution in [3.8, 4) is 0 Å². The van der Waals surface area contributed by atoms with Crippen LogP contribution in [-0.2, 0) is 9.53 Å². The molecular formula is C13H13N3O4. The van der Waals surface area contributed by atoms with Crippen molar-refractivity contribution in [3.05, 3.63) is 40.1 Å². The van der Waals surface area contributed by atoms with Crippen LogP contribution in [0.15, 0.2) is 24.3 Å². The molecule has 0 aliphatic carbocycles. The molecule has 0 aliphatic rings. The SMILES string of the molecule is COCC(=O)Nc1cc(C)nc2ccc([N+](=O)[O-])cc12. The lowest BCUT2D eigenvalue weighted by molar-refractivity contribution is -0.384. The summed E-state index contributed by atoms with van der Waals surface area (Å²) in [6.07, 6.45) is 0. The molecule has 0 atom stereocenters. The Kier molecular flexibility index (Phi) is 3.90. The van der Waals surface area contributed by atoms with E-state index in [0.717, 1.165) is 0 Å². The van der Waals surface area contributed by atoms with Crippen LogP contribution in [-0.4, -0.2) is 29.5 Å². The minimum atomic E-state index is -0.486. The Bertz CT molecular complexity index is 685. The third-order valence-electron chi connectivity index (χ3n) is 2.68. The van der Waals surface area contributed by atoms with Crippen LogP contribution in [0.25, 0.3) is 10.9 Å². The van der Waals surface area contributed by atoms with Crippen molar-refractivity contribution in [2.75, 3.05) is 19.0 Å². The lowest BCUT2D eigenvalue weighted by atomic mass is 10.1. The molecule has 1 aromatic carbocycles. The fourth-order valence-electron chi connectivity index (χ4n) is 1.88. The first-order chi connectivity index (χ1) is 9.51. The number of fused-ring (bicyclic) bond motifs is 1. The van der Waals surface area contributed by atoms with Gasteiger partial charge in [-0.05, 0) is 19.1 Å². The first-order valence-corrected chi connectivity index (χ1v) is 5.86. The van der Waals surface area contributed by atoms with Gasteiger partial charge in [-0.2, -0.15) is 0 Å². The summed E-state index contributed by atoms with van der Waals surface area (Å²) in [5.74, 6) is -0.328. The van der Waals surface area contributed by atoms with Gasteiger partial charge in [0.25, 0.3) is 5.69 Å². The number of hydrogen-bond acceptors (Lipinski definition) is 5. The van der Waals surface area contributed by atoms with Crippen molar-refractivity contribution >= 4 is 28.2 Å². The van der Waals surface area contributed by atoms with E-state index in [-0.39, 0.29) is 18.2 Å². The number of amides is 1. The molecule has 7 heteroatoms. The van der Waals surface area contributed by atoms with Gasteiger partial charge in [0.15, 0.2) is 0 Å². The Morgan fingerprint density at radius 3 is 2.85 bits per heavy atom. The number of nitro benzene ring substituents is 1. The van der Waals surface area contributed by atoms with Gasteiger partial charge in [0.2, 0.25) is 5.91 Å². The molecule has 104 valence electrons. The largest absolute Gasteiger partial charge is 0.375 e. The maximum Gasteiger partial charge on any atom is 0.270 e. The predicted octanol–water partition coefficient (Wildman–Crippen LogP) is 2.04. The Morgan fingerprint density at radius 2 is 2.20 bits per heavy atom. The van der Waals surface area contributed by atoms with Gasteiger partial charge >= 0.3 is 0 Å². The third kappa shape index (κ3) is 2.89. The van der Waals surface area contributed by atoms with Crippen molar-refractivity contribution in [1.29, 1.82) is 0 Å². The molecule has 2 aromatic rings. The van der Waals surface area contributed by atoms with E-state index in [1.807, 2.05) is 0 Å². The fraction of sp³-hybridized carbons (Fsp3) is 0.231. The minimum Gasteiger partial charge on any atom is -0.375 e. The van der Waals surface area contributed by atoms with Crippen LogP contribution in [0.1, 0.15) is 5.69 Å². The van der Waals surface area contributed by atoms with Crippen LogP contribution in [0.3, 0.4) is 0 Å². The van der Waals surface area contributed by atoms with Crippen LogP contribution < -0.4 is 5.32 Å². The Balaban J connectivity index is 2.52. The molecule has 0 saturated heterocycles. The van der Waals surface area contributed by atoms with Crippen LogP contribution in [0.5, 0.6) is 0 Å². The highest BCUT2D eigenvalue weighted by molar-refractivity contribution is 6.02. The van der Waals surface area contributed by atoms with Crippen molar-refractivity contribution in [3.63, 3.8) is 0 Å². The zero-order chi connectivity index (χ0) is 14.7. The molecule has 1 heterocycles. The summed E-state index contributed by atoms with van der Waals surface area (Å²) in [7, 11) is 1.42. The third-order valence-corrected chi connectivity index (χ3v) is 2.68. The monoisotopic (exact) mass is 275 g/mol. The molecule has 7 nitrogen and oxygen atoms in total. The van der Waals surface area contributed by atoms with Crippen molar-refractivity contribution in [2.24, 2.45) is 0 Å². The molecule has 0 saturated carbocycles. The number of methoxy groups -OCH3 is 1. The van der Waals surface area contributed by atoms with E-state index in [0.29, 0.717) is 22.3 Å². The number of hydrogen-bond donors (Lipinski definition) is 1. The topological polar surface area (TPSA) is 94.4 Å². The number of rotatable bonds is 4. The summed E-state index contributed by atoms with van der Waals surface area (Å²) in [6.45, 7) is 1.70. The molecule has 1 aromatic heterocycles. The summed E-state index contributed by atoms with van der Waals surface area (Å²) in [5, 5.41) is 14.0. The first kappa shape index (κ1) is 13.9. The first-order valence-electron chi connectivity index (χ1n) is 5.86. The number of ether oxygens (including phenoxy) is 1.